The molecule has 1 atom stereocenters. The maximum atomic E-state index is 4.64. The molecule has 1 aromatic carbocycles. The van der Waals surface area contributed by atoms with E-state index in [4.69, 9.17) is 0 Å². The fourth-order valence-corrected chi connectivity index (χ4v) is 4.59. The van der Waals surface area contributed by atoms with Crippen LogP contribution in [0.5, 0.6) is 0 Å². The largest absolute Gasteiger partial charge is 0.326 e. The molecule has 0 amide bonds. The van der Waals surface area contributed by atoms with Gasteiger partial charge < -0.3 is 15.6 Å². The second kappa shape index (κ2) is 6.63. The van der Waals surface area contributed by atoms with Crippen LogP contribution in [0.4, 0.5) is 5.95 Å². The number of imidazole rings is 1. The molecule has 0 aliphatic heterocycles. The number of H-pyrrole nitrogens is 1. The lowest BCUT2D eigenvalue weighted by Gasteiger charge is -2.27. The summed E-state index contributed by atoms with van der Waals surface area (Å²) in [5.41, 5.74) is 2.83. The van der Waals surface area contributed by atoms with Crippen LogP contribution >= 0.6 is 63.7 Å². The third-order valence-corrected chi connectivity index (χ3v) is 8.67. The maximum absolute atomic E-state index is 4.64. The monoisotopic (exact) mass is 566 g/mol. The van der Waals surface area contributed by atoms with Crippen LogP contribution in [0.1, 0.15) is 13.3 Å². The predicted octanol–water partition coefficient (Wildman–Crippen LogP) is 5.85. The normalized spacial score (nSPS) is 20.9. The molecule has 2 aromatic rings. The Morgan fingerprint density at radius 2 is 1.83 bits per heavy atom. The van der Waals surface area contributed by atoms with Crippen molar-refractivity contribution in [2.45, 2.75) is 18.9 Å². The SMILES string of the molecule is CNC1(C)C=CC(Nc2nc3c(Br)c(Br)c(Br)c(Br)c3[nH]2)=CC1. The lowest BCUT2D eigenvalue weighted by molar-refractivity contribution is 0.480. The minimum absolute atomic E-state index is 0.0147. The zero-order valence-corrected chi connectivity index (χ0v) is 18.7. The highest BCUT2D eigenvalue weighted by Gasteiger charge is 2.21. The molecular weight excluding hydrogens is 556 g/mol. The van der Waals surface area contributed by atoms with Crippen molar-refractivity contribution in [2.24, 2.45) is 0 Å². The minimum Gasteiger partial charge on any atom is -0.326 e. The summed E-state index contributed by atoms with van der Waals surface area (Å²) in [5, 5.41) is 6.64. The molecule has 1 aliphatic carbocycles. The van der Waals surface area contributed by atoms with E-state index in [0.717, 1.165) is 41.0 Å². The lowest BCUT2D eigenvalue weighted by Crippen LogP contribution is -2.38. The lowest BCUT2D eigenvalue weighted by atomic mass is 9.93. The number of nitrogens with zero attached hydrogens (tertiary/aromatic N) is 1. The van der Waals surface area contributed by atoms with Crippen LogP contribution in [0.2, 0.25) is 0 Å². The molecule has 122 valence electrons. The number of nitrogens with one attached hydrogen (secondary N) is 3. The van der Waals surface area contributed by atoms with Crippen LogP contribution < -0.4 is 10.6 Å². The first kappa shape index (κ1) is 17.7. The van der Waals surface area contributed by atoms with Gasteiger partial charge in [-0.05, 0) is 90.2 Å². The molecule has 4 nitrogen and oxygen atoms in total. The molecule has 23 heavy (non-hydrogen) atoms. The van der Waals surface area contributed by atoms with Gasteiger partial charge in [-0.15, -0.1) is 0 Å². The van der Waals surface area contributed by atoms with Gasteiger partial charge in [0.15, 0.2) is 0 Å². The summed E-state index contributed by atoms with van der Waals surface area (Å²) >= 11 is 14.3. The highest BCUT2D eigenvalue weighted by Crippen LogP contribution is 2.43. The molecule has 1 aliphatic rings. The van der Waals surface area contributed by atoms with E-state index in [-0.39, 0.29) is 5.54 Å². The standard InChI is InChI=1S/C15H14Br4N4/c1-15(20-2)5-3-7(4-6-15)21-14-22-12-10(18)8(16)9(17)11(19)13(12)23-14/h3-5,20H,6H2,1-2H3,(H2,21,22,23). The number of hydrogen-bond acceptors (Lipinski definition) is 3. The first-order chi connectivity index (χ1) is 10.8. The summed E-state index contributed by atoms with van der Waals surface area (Å²) in [6.45, 7) is 2.17. The predicted molar refractivity (Wildman–Crippen MR) is 110 cm³/mol. The molecule has 3 rings (SSSR count). The van der Waals surface area contributed by atoms with E-state index in [1.165, 1.54) is 0 Å². The number of fused-ring (bicyclic) bond motifs is 1. The van der Waals surface area contributed by atoms with Crippen LogP contribution in [0, 0.1) is 0 Å². The number of rotatable bonds is 3. The zero-order valence-electron chi connectivity index (χ0n) is 12.4. The van der Waals surface area contributed by atoms with Crippen LogP contribution in [0.3, 0.4) is 0 Å². The Balaban J connectivity index is 1.93. The number of benzene rings is 1. The topological polar surface area (TPSA) is 52.7 Å². The Hall–Kier alpha value is -0.150. The van der Waals surface area contributed by atoms with Crippen molar-refractivity contribution in [3.8, 4) is 0 Å². The van der Waals surface area contributed by atoms with Gasteiger partial charge in [0.25, 0.3) is 0 Å². The molecule has 0 fully saturated rings. The molecular formula is C15H14Br4N4. The summed E-state index contributed by atoms with van der Waals surface area (Å²) in [5.74, 6) is 0.704. The van der Waals surface area contributed by atoms with Gasteiger partial charge in [0.2, 0.25) is 5.95 Å². The molecule has 0 saturated heterocycles. The highest BCUT2D eigenvalue weighted by molar-refractivity contribution is 9.15. The van der Waals surface area contributed by atoms with E-state index < -0.39 is 0 Å². The Labute approximate surface area is 168 Å². The number of allylic oxidation sites excluding steroid dienone is 1. The van der Waals surface area contributed by atoms with Crippen molar-refractivity contribution in [1.29, 1.82) is 0 Å². The molecule has 1 heterocycles. The minimum atomic E-state index is 0.0147. The average Bonchev–Trinajstić information content (AvgIpc) is 2.97. The van der Waals surface area contributed by atoms with E-state index in [1.54, 1.807) is 0 Å². The van der Waals surface area contributed by atoms with E-state index in [2.05, 4.69) is 109 Å². The number of likely N-dealkylation sites (N-methyl/N-ethyl adjacent to an activating group) is 1. The van der Waals surface area contributed by atoms with Crippen LogP contribution in [-0.2, 0) is 0 Å². The van der Waals surface area contributed by atoms with Gasteiger partial charge in [0.1, 0.15) is 5.52 Å². The molecule has 1 unspecified atom stereocenters. The second-order valence-corrected chi connectivity index (χ2v) is 8.73. The van der Waals surface area contributed by atoms with E-state index in [0.29, 0.717) is 5.95 Å². The van der Waals surface area contributed by atoms with E-state index >= 15 is 0 Å². The van der Waals surface area contributed by atoms with Crippen molar-refractivity contribution >= 4 is 80.7 Å². The van der Waals surface area contributed by atoms with Crippen molar-refractivity contribution in [1.82, 2.24) is 15.3 Å². The smallest absolute Gasteiger partial charge is 0.205 e. The third-order valence-electron chi connectivity index (χ3n) is 3.92. The van der Waals surface area contributed by atoms with Crippen molar-refractivity contribution in [3.05, 3.63) is 41.8 Å². The molecule has 0 radical (unpaired) electrons. The highest BCUT2D eigenvalue weighted by atomic mass is 79.9. The van der Waals surface area contributed by atoms with Crippen LogP contribution in [0.25, 0.3) is 11.0 Å². The van der Waals surface area contributed by atoms with E-state index in [1.807, 2.05) is 7.05 Å². The summed E-state index contributed by atoms with van der Waals surface area (Å²) in [7, 11) is 1.97. The maximum Gasteiger partial charge on any atom is 0.205 e. The molecule has 0 bridgehead atoms. The number of aromatic nitrogens is 2. The fraction of sp³-hybridized carbons (Fsp3) is 0.267. The quantitative estimate of drug-likeness (QED) is 0.321. The van der Waals surface area contributed by atoms with Gasteiger partial charge >= 0.3 is 0 Å². The zero-order chi connectivity index (χ0) is 16.8. The average molecular weight is 570 g/mol. The Morgan fingerprint density at radius 1 is 1.13 bits per heavy atom. The van der Waals surface area contributed by atoms with Crippen molar-refractivity contribution in [3.63, 3.8) is 0 Å². The van der Waals surface area contributed by atoms with E-state index in [9.17, 15) is 0 Å². The first-order valence-electron chi connectivity index (χ1n) is 6.91. The summed E-state index contributed by atoms with van der Waals surface area (Å²) < 4.78 is 3.70. The molecule has 8 heteroatoms. The van der Waals surface area contributed by atoms with Crippen LogP contribution in [-0.4, -0.2) is 22.6 Å². The van der Waals surface area contributed by atoms with Crippen molar-refractivity contribution in [2.75, 3.05) is 12.4 Å². The molecule has 1 aromatic heterocycles. The number of aromatic amines is 1. The van der Waals surface area contributed by atoms with Gasteiger partial charge in [-0.3, -0.25) is 0 Å². The van der Waals surface area contributed by atoms with Gasteiger partial charge in [-0.1, -0.05) is 12.2 Å². The second-order valence-electron chi connectivity index (χ2n) is 5.55. The summed E-state index contributed by atoms with van der Waals surface area (Å²) in [4.78, 5) is 7.96. The Morgan fingerprint density at radius 3 is 2.43 bits per heavy atom. The van der Waals surface area contributed by atoms with Gasteiger partial charge in [-0.25, -0.2) is 4.98 Å². The first-order valence-corrected chi connectivity index (χ1v) is 10.1. The summed E-state index contributed by atoms with van der Waals surface area (Å²) in [6.07, 6.45) is 7.33. The Bertz CT molecular complexity index is 795. The molecule has 0 saturated carbocycles. The fourth-order valence-electron chi connectivity index (χ4n) is 2.30. The van der Waals surface area contributed by atoms with Gasteiger partial charge in [-0.2, -0.15) is 0 Å². The number of halogens is 4. The Kier molecular flexibility index (Phi) is 5.09. The third kappa shape index (κ3) is 3.33. The molecule has 3 N–H and O–H groups in total. The number of anilines is 1. The van der Waals surface area contributed by atoms with Gasteiger partial charge in [0.05, 0.1) is 14.5 Å². The van der Waals surface area contributed by atoms with Gasteiger partial charge in [0, 0.05) is 20.2 Å². The van der Waals surface area contributed by atoms with Crippen LogP contribution in [0.15, 0.2) is 41.8 Å². The number of hydrogen-bond donors (Lipinski definition) is 3. The molecule has 0 spiro atoms. The van der Waals surface area contributed by atoms with Crippen molar-refractivity contribution < 1.29 is 0 Å². The summed E-state index contributed by atoms with van der Waals surface area (Å²) in [6, 6.07) is 0.